The molecule has 1 amide bonds. The lowest BCUT2D eigenvalue weighted by atomic mass is 9.89. The molecule has 1 aliphatic carbocycles. The minimum Gasteiger partial charge on any atom is -0.475 e. The zero-order valence-corrected chi connectivity index (χ0v) is 20.2. The number of carbonyl (C=O) groups is 1. The summed E-state index contributed by atoms with van der Waals surface area (Å²) >= 11 is 0. The second-order valence-corrected chi connectivity index (χ2v) is 10.1. The summed E-state index contributed by atoms with van der Waals surface area (Å²) in [7, 11) is 0. The van der Waals surface area contributed by atoms with Crippen molar-refractivity contribution in [2.45, 2.75) is 57.3 Å². The third-order valence-corrected chi connectivity index (χ3v) is 7.26. The third kappa shape index (κ3) is 4.44. The van der Waals surface area contributed by atoms with Crippen molar-refractivity contribution in [1.82, 2.24) is 24.9 Å². The molecule has 10 heteroatoms. The molecule has 2 bridgehead atoms. The molecule has 5 rings (SSSR count). The average Bonchev–Trinajstić information content (AvgIpc) is 3.58. The molecule has 7 nitrogen and oxygen atoms in total. The van der Waals surface area contributed by atoms with Crippen molar-refractivity contribution in [3.63, 3.8) is 0 Å². The molecule has 2 aromatic heterocycles. The number of piperidine rings is 1. The van der Waals surface area contributed by atoms with Crippen LogP contribution < -0.4 is 4.74 Å². The summed E-state index contributed by atoms with van der Waals surface area (Å²) in [6, 6.07) is 9.50. The Labute approximate surface area is 207 Å². The highest BCUT2D eigenvalue weighted by Crippen LogP contribution is 2.52. The number of hydrogen-bond donors (Lipinski definition) is 0. The largest absolute Gasteiger partial charge is 0.475 e. The number of hydrogen-bond acceptors (Lipinski definition) is 5. The van der Waals surface area contributed by atoms with E-state index in [1.807, 2.05) is 23.1 Å². The fourth-order valence-corrected chi connectivity index (χ4v) is 5.74. The minimum atomic E-state index is -4.46. The standard InChI is InChI=1S/C26H28F3N5O2/c1-17(2)13-22-18-9-10-25(14-18,16-36-23-8-7-19(15-30-23)26(27,28)29)33(22)24(35)20-5-3-4-6-21(20)34-31-11-12-32-34/h3-8,11-12,15,17-18,22H,9-10,13-14,16H2,1-2H3. The first-order chi connectivity index (χ1) is 17.2. The van der Waals surface area contributed by atoms with Gasteiger partial charge >= 0.3 is 6.18 Å². The van der Waals surface area contributed by atoms with Gasteiger partial charge in [0.15, 0.2) is 0 Å². The number of para-hydroxylation sites is 1. The SMILES string of the molecule is CC(C)CC1C2CCC(COc3ccc(C(F)(F)F)cn3)(C2)N1C(=O)c1ccccc1-n1nccn1. The van der Waals surface area contributed by atoms with Crippen molar-refractivity contribution >= 4 is 5.91 Å². The third-order valence-electron chi connectivity index (χ3n) is 7.26. The van der Waals surface area contributed by atoms with Crippen molar-refractivity contribution in [3.8, 4) is 11.6 Å². The summed E-state index contributed by atoms with van der Waals surface area (Å²) in [4.78, 5) is 21.5. The quantitative estimate of drug-likeness (QED) is 0.449. The summed E-state index contributed by atoms with van der Waals surface area (Å²) < 4.78 is 44.7. The Bertz CT molecular complexity index is 1210. The average molecular weight is 500 g/mol. The van der Waals surface area contributed by atoms with Gasteiger partial charge in [0.2, 0.25) is 5.88 Å². The van der Waals surface area contributed by atoms with Gasteiger partial charge in [0.1, 0.15) is 6.61 Å². The molecule has 1 saturated carbocycles. The number of alkyl halides is 3. The summed E-state index contributed by atoms with van der Waals surface area (Å²) in [5.41, 5.74) is -0.287. The van der Waals surface area contributed by atoms with Crippen LogP contribution in [0.25, 0.3) is 5.69 Å². The Morgan fingerprint density at radius 1 is 1.17 bits per heavy atom. The van der Waals surface area contributed by atoms with Gasteiger partial charge < -0.3 is 9.64 Å². The molecule has 1 saturated heterocycles. The van der Waals surface area contributed by atoms with Gasteiger partial charge in [-0.1, -0.05) is 26.0 Å². The maximum atomic E-state index is 14.2. The second kappa shape index (κ2) is 9.22. The Kier molecular flexibility index (Phi) is 6.22. The highest BCUT2D eigenvalue weighted by Gasteiger charge is 2.58. The van der Waals surface area contributed by atoms with Crippen LogP contribution in [0.15, 0.2) is 55.0 Å². The summed E-state index contributed by atoms with van der Waals surface area (Å²) in [6.07, 6.45) is 2.83. The van der Waals surface area contributed by atoms with Crippen LogP contribution in [-0.2, 0) is 6.18 Å². The highest BCUT2D eigenvalue weighted by atomic mass is 19.4. The molecule has 0 N–H and O–H groups in total. The molecular weight excluding hydrogens is 471 g/mol. The number of pyridine rings is 1. The Balaban J connectivity index is 1.45. The van der Waals surface area contributed by atoms with E-state index < -0.39 is 17.3 Å². The van der Waals surface area contributed by atoms with Crippen LogP contribution in [0.3, 0.4) is 0 Å². The number of ether oxygens (including phenoxy) is 1. The molecule has 3 aromatic rings. The number of aromatic nitrogens is 4. The number of rotatable bonds is 7. The molecule has 190 valence electrons. The number of likely N-dealkylation sites (tertiary alicyclic amines) is 1. The van der Waals surface area contributed by atoms with Gasteiger partial charge in [0.05, 0.1) is 34.7 Å². The van der Waals surface area contributed by atoms with Gasteiger partial charge in [-0.2, -0.15) is 28.2 Å². The van der Waals surface area contributed by atoms with Crippen LogP contribution in [0.1, 0.15) is 55.5 Å². The summed E-state index contributed by atoms with van der Waals surface area (Å²) in [5, 5.41) is 8.42. The fraction of sp³-hybridized carbons (Fsp3) is 0.462. The fourth-order valence-electron chi connectivity index (χ4n) is 5.74. The van der Waals surface area contributed by atoms with Crippen LogP contribution in [0, 0.1) is 11.8 Å². The van der Waals surface area contributed by atoms with Crippen LogP contribution in [0.4, 0.5) is 13.2 Å². The normalized spacial score (nSPS) is 23.4. The molecular formula is C26H28F3N5O2. The number of carbonyl (C=O) groups excluding carboxylic acids is 1. The van der Waals surface area contributed by atoms with Crippen LogP contribution in [0.5, 0.6) is 5.88 Å². The highest BCUT2D eigenvalue weighted by molar-refractivity contribution is 5.98. The lowest BCUT2D eigenvalue weighted by Gasteiger charge is -2.44. The molecule has 3 heterocycles. The molecule has 1 aromatic carbocycles. The predicted molar refractivity (Wildman–Crippen MR) is 126 cm³/mol. The van der Waals surface area contributed by atoms with Crippen LogP contribution in [-0.4, -0.2) is 49.0 Å². The van der Waals surface area contributed by atoms with Gasteiger partial charge in [0, 0.05) is 18.3 Å². The topological polar surface area (TPSA) is 73.1 Å². The van der Waals surface area contributed by atoms with Gasteiger partial charge in [-0.15, -0.1) is 0 Å². The Morgan fingerprint density at radius 2 is 1.92 bits per heavy atom. The van der Waals surface area contributed by atoms with Crippen molar-refractivity contribution in [2.75, 3.05) is 6.61 Å². The Hall–Kier alpha value is -3.43. The smallest absolute Gasteiger partial charge is 0.417 e. The Morgan fingerprint density at radius 3 is 2.58 bits per heavy atom. The monoisotopic (exact) mass is 499 g/mol. The lowest BCUT2D eigenvalue weighted by molar-refractivity contribution is -0.137. The zero-order valence-electron chi connectivity index (χ0n) is 20.2. The summed E-state index contributed by atoms with van der Waals surface area (Å²) in [5.74, 6) is 0.735. The van der Waals surface area contributed by atoms with E-state index in [-0.39, 0.29) is 24.4 Å². The molecule has 3 atom stereocenters. The van der Waals surface area contributed by atoms with Crippen LogP contribution in [0.2, 0.25) is 0 Å². The van der Waals surface area contributed by atoms with E-state index in [1.165, 1.54) is 10.9 Å². The molecule has 3 unspecified atom stereocenters. The minimum absolute atomic E-state index is 0.0500. The number of benzene rings is 1. The molecule has 1 aliphatic heterocycles. The molecule has 36 heavy (non-hydrogen) atoms. The van der Waals surface area contributed by atoms with Gasteiger partial charge in [0.25, 0.3) is 5.91 Å². The number of fused-ring (bicyclic) bond motifs is 2. The van der Waals surface area contributed by atoms with E-state index in [1.54, 1.807) is 18.5 Å². The second-order valence-electron chi connectivity index (χ2n) is 10.1. The molecule has 0 radical (unpaired) electrons. The molecule has 2 fully saturated rings. The van der Waals surface area contributed by atoms with Gasteiger partial charge in [-0.05, 0) is 55.7 Å². The predicted octanol–water partition coefficient (Wildman–Crippen LogP) is 5.17. The zero-order chi connectivity index (χ0) is 25.5. The maximum absolute atomic E-state index is 14.2. The first-order valence-electron chi connectivity index (χ1n) is 12.1. The number of halogens is 3. The molecule has 0 spiro atoms. The van der Waals surface area contributed by atoms with Crippen LogP contribution >= 0.6 is 0 Å². The van der Waals surface area contributed by atoms with Gasteiger partial charge in [-0.25, -0.2) is 4.98 Å². The van der Waals surface area contributed by atoms with E-state index in [9.17, 15) is 18.0 Å². The lowest BCUT2D eigenvalue weighted by Crippen LogP contribution is -2.56. The van der Waals surface area contributed by atoms with E-state index in [4.69, 9.17) is 4.74 Å². The van der Waals surface area contributed by atoms with Crippen molar-refractivity contribution in [1.29, 1.82) is 0 Å². The van der Waals surface area contributed by atoms with Gasteiger partial charge in [-0.3, -0.25) is 4.79 Å². The van der Waals surface area contributed by atoms with E-state index in [0.717, 1.165) is 37.9 Å². The molecule has 2 aliphatic rings. The van der Waals surface area contributed by atoms with Crippen molar-refractivity contribution in [2.24, 2.45) is 11.8 Å². The first-order valence-corrected chi connectivity index (χ1v) is 12.1. The summed E-state index contributed by atoms with van der Waals surface area (Å²) in [6.45, 7) is 4.46. The van der Waals surface area contributed by atoms with E-state index in [0.29, 0.717) is 23.1 Å². The first kappa shape index (κ1) is 24.3. The number of nitrogens with zero attached hydrogens (tertiary/aromatic N) is 5. The van der Waals surface area contributed by atoms with E-state index in [2.05, 4.69) is 29.0 Å². The van der Waals surface area contributed by atoms with Crippen molar-refractivity contribution in [3.05, 3.63) is 66.1 Å². The number of amides is 1. The van der Waals surface area contributed by atoms with E-state index >= 15 is 0 Å². The maximum Gasteiger partial charge on any atom is 0.417 e. The van der Waals surface area contributed by atoms with Crippen molar-refractivity contribution < 1.29 is 22.7 Å².